The van der Waals surface area contributed by atoms with E-state index in [1.165, 1.54) is 0 Å². The van der Waals surface area contributed by atoms with Crippen LogP contribution in [0.1, 0.15) is 17.3 Å². The number of aliphatic hydroxyl groups excluding tert-OH is 1. The Hall–Kier alpha value is -4.08. The number of carbonyl (C=O) groups is 3. The van der Waals surface area contributed by atoms with Crippen molar-refractivity contribution in [3.05, 3.63) is 90.3 Å². The molecule has 0 radical (unpaired) electrons. The number of carbonyl (C=O) groups excluding carboxylic acids is 2. The van der Waals surface area contributed by atoms with Crippen LogP contribution in [0.3, 0.4) is 0 Å². The first-order valence-electron chi connectivity index (χ1n) is 11.1. The second-order valence-corrected chi connectivity index (χ2v) is 8.63. The highest BCUT2D eigenvalue weighted by molar-refractivity contribution is 6.09. The van der Waals surface area contributed by atoms with Crippen LogP contribution in [0.15, 0.2) is 79.0 Å². The minimum Gasteiger partial charge on any atom is -0.480 e. The molecule has 9 nitrogen and oxygen atoms in total. The molecule has 0 aliphatic carbocycles. The van der Waals surface area contributed by atoms with Crippen LogP contribution in [-0.2, 0) is 20.9 Å². The zero-order valence-electron chi connectivity index (χ0n) is 18.6. The van der Waals surface area contributed by atoms with Crippen molar-refractivity contribution in [1.29, 1.82) is 0 Å². The number of nitrogens with one attached hydrogen (secondary N) is 1. The number of imide groups is 1. The van der Waals surface area contributed by atoms with E-state index in [0.29, 0.717) is 22.8 Å². The SMILES string of the molecule is O=C1C2C(c3ccc(Oc4ccccc4)cc3)NC(CO)(C(=O)O)C2C(=O)N1Cc1ccccn1. The Morgan fingerprint density at radius 2 is 1.66 bits per heavy atom. The molecule has 0 bridgehead atoms. The first-order valence-corrected chi connectivity index (χ1v) is 11.1. The summed E-state index contributed by atoms with van der Waals surface area (Å²) in [5.74, 6) is -3.55. The molecule has 35 heavy (non-hydrogen) atoms. The van der Waals surface area contributed by atoms with E-state index in [1.54, 1.807) is 48.7 Å². The maximum Gasteiger partial charge on any atom is 0.327 e. The summed E-state index contributed by atoms with van der Waals surface area (Å²) in [6.45, 7) is -0.908. The lowest BCUT2D eigenvalue weighted by atomic mass is 9.79. The van der Waals surface area contributed by atoms with E-state index in [1.807, 2.05) is 30.3 Å². The second kappa shape index (κ2) is 8.94. The fourth-order valence-electron chi connectivity index (χ4n) is 4.94. The number of amides is 2. The van der Waals surface area contributed by atoms with Gasteiger partial charge in [0.05, 0.1) is 30.7 Å². The summed E-state index contributed by atoms with van der Waals surface area (Å²) in [5, 5.41) is 23.1. The number of aliphatic carboxylic acids is 1. The number of aromatic nitrogens is 1. The third kappa shape index (κ3) is 3.84. The van der Waals surface area contributed by atoms with Gasteiger partial charge in [0.2, 0.25) is 11.8 Å². The van der Waals surface area contributed by atoms with E-state index in [-0.39, 0.29) is 6.54 Å². The number of pyridine rings is 1. The summed E-state index contributed by atoms with van der Waals surface area (Å²) in [7, 11) is 0. The average molecular weight is 473 g/mol. The fourth-order valence-corrected chi connectivity index (χ4v) is 4.94. The quantitative estimate of drug-likeness (QED) is 0.445. The summed E-state index contributed by atoms with van der Waals surface area (Å²) >= 11 is 0. The number of para-hydroxylation sites is 1. The van der Waals surface area contributed by atoms with Crippen LogP contribution < -0.4 is 10.1 Å². The molecule has 0 spiro atoms. The number of likely N-dealkylation sites (tertiary alicyclic amines) is 1. The van der Waals surface area contributed by atoms with Gasteiger partial charge in [-0.3, -0.25) is 29.6 Å². The normalized spacial score (nSPS) is 25.5. The highest BCUT2D eigenvalue weighted by Gasteiger charge is 2.68. The smallest absolute Gasteiger partial charge is 0.327 e. The monoisotopic (exact) mass is 473 g/mol. The number of aliphatic hydroxyl groups is 1. The van der Waals surface area contributed by atoms with Crippen molar-refractivity contribution in [3.8, 4) is 11.5 Å². The van der Waals surface area contributed by atoms with Gasteiger partial charge >= 0.3 is 5.97 Å². The number of hydrogen-bond donors (Lipinski definition) is 3. The number of fused-ring (bicyclic) bond motifs is 1. The molecule has 4 atom stereocenters. The van der Waals surface area contributed by atoms with E-state index in [0.717, 1.165) is 4.90 Å². The molecule has 3 aromatic rings. The number of hydrogen-bond acceptors (Lipinski definition) is 7. The van der Waals surface area contributed by atoms with Crippen molar-refractivity contribution < 1.29 is 29.3 Å². The third-order valence-electron chi connectivity index (χ3n) is 6.64. The summed E-state index contributed by atoms with van der Waals surface area (Å²) in [4.78, 5) is 44.4. The van der Waals surface area contributed by atoms with Crippen molar-refractivity contribution in [2.24, 2.45) is 11.8 Å². The van der Waals surface area contributed by atoms with Crippen molar-refractivity contribution in [2.75, 3.05) is 6.61 Å². The maximum absolute atomic E-state index is 13.5. The Kier molecular flexibility index (Phi) is 5.80. The van der Waals surface area contributed by atoms with Gasteiger partial charge < -0.3 is 14.9 Å². The minimum atomic E-state index is -1.99. The molecule has 2 saturated heterocycles. The van der Waals surface area contributed by atoms with Crippen LogP contribution in [0.25, 0.3) is 0 Å². The highest BCUT2D eigenvalue weighted by atomic mass is 16.5. The molecule has 9 heteroatoms. The lowest BCUT2D eigenvalue weighted by Gasteiger charge is -2.29. The van der Waals surface area contributed by atoms with Crippen LogP contribution >= 0.6 is 0 Å². The number of rotatable bonds is 7. The zero-order valence-corrected chi connectivity index (χ0v) is 18.6. The number of nitrogens with zero attached hydrogens (tertiary/aromatic N) is 2. The number of ether oxygens (including phenoxy) is 1. The van der Waals surface area contributed by atoms with Crippen molar-refractivity contribution >= 4 is 17.8 Å². The molecular weight excluding hydrogens is 450 g/mol. The molecule has 2 aliphatic heterocycles. The molecule has 2 amide bonds. The van der Waals surface area contributed by atoms with Gasteiger partial charge in [-0.1, -0.05) is 36.4 Å². The number of carboxylic acids is 1. The van der Waals surface area contributed by atoms with Gasteiger partial charge in [-0.2, -0.15) is 0 Å². The van der Waals surface area contributed by atoms with Gasteiger partial charge in [-0.25, -0.2) is 0 Å². The molecule has 1 aromatic heterocycles. The average Bonchev–Trinajstić information content (AvgIpc) is 3.36. The first-order chi connectivity index (χ1) is 16.9. The minimum absolute atomic E-state index is 0.0663. The molecule has 2 aromatic carbocycles. The second-order valence-electron chi connectivity index (χ2n) is 8.63. The molecule has 3 heterocycles. The van der Waals surface area contributed by atoms with Crippen molar-refractivity contribution in [1.82, 2.24) is 15.2 Å². The lowest BCUT2D eigenvalue weighted by molar-refractivity contribution is -0.153. The Morgan fingerprint density at radius 1 is 0.971 bits per heavy atom. The molecule has 3 N–H and O–H groups in total. The van der Waals surface area contributed by atoms with Crippen LogP contribution in [0.2, 0.25) is 0 Å². The first kappa shape index (κ1) is 22.7. The standard InChI is InChI=1S/C26H23N3O6/c30-15-26(25(33)34)21-20(23(31)29(24(21)32)14-17-6-4-5-13-27-17)22(28-26)16-9-11-19(12-10-16)35-18-7-2-1-3-8-18/h1-13,20-22,28,30H,14-15H2,(H,33,34). The Labute approximate surface area is 201 Å². The van der Waals surface area contributed by atoms with Crippen molar-refractivity contribution in [2.45, 2.75) is 18.1 Å². The van der Waals surface area contributed by atoms with Gasteiger partial charge in [-0.05, 0) is 42.0 Å². The van der Waals surface area contributed by atoms with E-state index >= 15 is 0 Å². The molecule has 178 valence electrons. The molecule has 0 saturated carbocycles. The van der Waals surface area contributed by atoms with Crippen LogP contribution in [-0.4, -0.2) is 50.0 Å². The Morgan fingerprint density at radius 3 is 2.29 bits per heavy atom. The van der Waals surface area contributed by atoms with Crippen LogP contribution in [0.5, 0.6) is 11.5 Å². The predicted molar refractivity (Wildman–Crippen MR) is 123 cm³/mol. The maximum atomic E-state index is 13.5. The van der Waals surface area contributed by atoms with Gasteiger partial charge in [0.25, 0.3) is 0 Å². The molecule has 4 unspecified atom stereocenters. The number of benzene rings is 2. The van der Waals surface area contributed by atoms with E-state index < -0.39 is 47.8 Å². The molecular formula is C26H23N3O6. The molecule has 2 aliphatic rings. The van der Waals surface area contributed by atoms with Gasteiger partial charge in [0.15, 0.2) is 5.54 Å². The molecule has 5 rings (SSSR count). The highest BCUT2D eigenvalue weighted by Crippen LogP contribution is 2.49. The Balaban J connectivity index is 1.47. The van der Waals surface area contributed by atoms with Crippen LogP contribution in [0.4, 0.5) is 0 Å². The summed E-state index contributed by atoms with van der Waals surface area (Å²) in [5.41, 5.74) is -0.871. The Bertz CT molecular complexity index is 1250. The number of carboxylic acid groups (broad SMARTS) is 1. The predicted octanol–water partition coefficient (Wildman–Crippen LogP) is 2.14. The van der Waals surface area contributed by atoms with Crippen LogP contribution in [0, 0.1) is 11.8 Å². The fraction of sp³-hybridized carbons (Fsp3) is 0.231. The summed E-state index contributed by atoms with van der Waals surface area (Å²) in [6.07, 6.45) is 1.56. The van der Waals surface area contributed by atoms with Gasteiger partial charge in [-0.15, -0.1) is 0 Å². The van der Waals surface area contributed by atoms with E-state index in [4.69, 9.17) is 4.74 Å². The topological polar surface area (TPSA) is 129 Å². The largest absolute Gasteiger partial charge is 0.480 e. The van der Waals surface area contributed by atoms with Crippen molar-refractivity contribution in [3.63, 3.8) is 0 Å². The van der Waals surface area contributed by atoms with Gasteiger partial charge in [0.1, 0.15) is 11.5 Å². The third-order valence-corrected chi connectivity index (χ3v) is 6.64. The van der Waals surface area contributed by atoms with Gasteiger partial charge in [0, 0.05) is 12.2 Å². The van der Waals surface area contributed by atoms with E-state index in [9.17, 15) is 24.6 Å². The lowest BCUT2D eigenvalue weighted by Crippen LogP contribution is -2.58. The van der Waals surface area contributed by atoms with E-state index in [2.05, 4.69) is 10.3 Å². The summed E-state index contributed by atoms with van der Waals surface area (Å²) < 4.78 is 5.81. The molecule has 2 fully saturated rings. The zero-order chi connectivity index (χ0) is 24.6. The summed E-state index contributed by atoms with van der Waals surface area (Å²) in [6, 6.07) is 20.5.